The third-order valence-electron chi connectivity index (χ3n) is 2.80. The molecule has 1 saturated carbocycles. The Morgan fingerprint density at radius 2 is 1.79 bits per heavy atom. The van der Waals surface area contributed by atoms with Crippen molar-refractivity contribution in [2.75, 3.05) is 0 Å². The van der Waals surface area contributed by atoms with E-state index in [1.807, 2.05) is 0 Å². The molecule has 1 fully saturated rings. The minimum atomic E-state index is 0.0949. The maximum Gasteiger partial charge on any atom is 0.134 e. The zero-order valence-corrected chi connectivity index (χ0v) is 10.1. The van der Waals surface area contributed by atoms with E-state index in [1.165, 1.54) is 5.57 Å². The Hall–Kier alpha value is -0.590. The van der Waals surface area contributed by atoms with Gasteiger partial charge in [-0.2, -0.15) is 0 Å². The molecule has 80 valence electrons. The Morgan fingerprint density at radius 1 is 1.21 bits per heavy atom. The molecule has 0 amide bonds. The van der Waals surface area contributed by atoms with E-state index in [-0.39, 0.29) is 10.8 Å². The van der Waals surface area contributed by atoms with Crippen LogP contribution in [0.5, 0.6) is 0 Å². The third-order valence-corrected chi connectivity index (χ3v) is 2.80. The standard InChI is InChI=1S/C13H22O/c1-10(2)6-13(5)8-11(14)7-12(3,4)9-13/h6H,7-9H2,1-5H3. The van der Waals surface area contributed by atoms with Gasteiger partial charge < -0.3 is 0 Å². The predicted octanol–water partition coefficient (Wildman–Crippen LogP) is 3.74. The van der Waals surface area contributed by atoms with Crippen LogP contribution in [0.3, 0.4) is 0 Å². The lowest BCUT2D eigenvalue weighted by molar-refractivity contribution is -0.126. The molecule has 1 nitrogen and oxygen atoms in total. The number of ketones is 1. The Balaban J connectivity index is 2.90. The predicted molar refractivity (Wildman–Crippen MR) is 60.2 cm³/mol. The molecule has 14 heavy (non-hydrogen) atoms. The highest BCUT2D eigenvalue weighted by atomic mass is 16.1. The number of carbonyl (C=O) groups excluding carboxylic acids is 1. The van der Waals surface area contributed by atoms with Gasteiger partial charge in [-0.1, -0.05) is 32.4 Å². The summed E-state index contributed by atoms with van der Waals surface area (Å²) in [5.74, 6) is 0.418. The fourth-order valence-corrected chi connectivity index (χ4v) is 3.06. The van der Waals surface area contributed by atoms with Crippen molar-refractivity contribution >= 4 is 5.78 Å². The molecule has 0 aromatic rings. The van der Waals surface area contributed by atoms with Gasteiger partial charge in [-0.3, -0.25) is 4.79 Å². The molecule has 0 aromatic carbocycles. The highest BCUT2D eigenvalue weighted by Gasteiger charge is 2.38. The van der Waals surface area contributed by atoms with Crippen LogP contribution in [0.4, 0.5) is 0 Å². The molecule has 0 N–H and O–H groups in total. The van der Waals surface area contributed by atoms with Crippen molar-refractivity contribution in [2.45, 2.75) is 53.9 Å². The van der Waals surface area contributed by atoms with Crippen LogP contribution >= 0.6 is 0 Å². The first-order chi connectivity index (χ1) is 6.22. The first-order valence-electron chi connectivity index (χ1n) is 5.40. The lowest BCUT2D eigenvalue weighted by Gasteiger charge is -2.40. The number of rotatable bonds is 1. The van der Waals surface area contributed by atoms with Crippen molar-refractivity contribution < 1.29 is 4.79 Å². The van der Waals surface area contributed by atoms with Crippen LogP contribution in [0, 0.1) is 10.8 Å². The topological polar surface area (TPSA) is 17.1 Å². The van der Waals surface area contributed by atoms with Crippen molar-refractivity contribution in [1.82, 2.24) is 0 Å². The van der Waals surface area contributed by atoms with Crippen LogP contribution in [0.15, 0.2) is 11.6 Å². The van der Waals surface area contributed by atoms with Gasteiger partial charge in [0.05, 0.1) is 0 Å². The number of Topliss-reactive ketones (excluding diaryl/α,β-unsaturated/α-hetero) is 1. The van der Waals surface area contributed by atoms with Crippen LogP contribution in [-0.2, 0) is 4.79 Å². The monoisotopic (exact) mass is 194 g/mol. The Labute approximate surface area is 87.6 Å². The Bertz CT molecular complexity index is 269. The summed E-state index contributed by atoms with van der Waals surface area (Å²) >= 11 is 0. The summed E-state index contributed by atoms with van der Waals surface area (Å²) in [6.07, 6.45) is 4.86. The van der Waals surface area contributed by atoms with Crippen LogP contribution in [0.25, 0.3) is 0 Å². The van der Waals surface area contributed by atoms with Crippen LogP contribution in [0.1, 0.15) is 53.9 Å². The Morgan fingerprint density at radius 3 is 2.21 bits per heavy atom. The normalized spacial score (nSPS) is 31.4. The van der Waals surface area contributed by atoms with Crippen LogP contribution in [-0.4, -0.2) is 5.78 Å². The number of allylic oxidation sites excluding steroid dienone is 2. The van der Waals surface area contributed by atoms with E-state index in [0.29, 0.717) is 5.78 Å². The molecular formula is C13H22O. The molecule has 1 aliphatic carbocycles. The second-order valence-corrected chi connectivity index (χ2v) is 6.11. The van der Waals surface area contributed by atoms with E-state index in [1.54, 1.807) is 0 Å². The van der Waals surface area contributed by atoms with Crippen molar-refractivity contribution in [2.24, 2.45) is 10.8 Å². The molecule has 1 atom stereocenters. The van der Waals surface area contributed by atoms with Crippen LogP contribution < -0.4 is 0 Å². The van der Waals surface area contributed by atoms with Gasteiger partial charge in [0.2, 0.25) is 0 Å². The number of hydrogen-bond acceptors (Lipinski definition) is 1. The van der Waals surface area contributed by atoms with Gasteiger partial charge in [0.15, 0.2) is 0 Å². The average Bonchev–Trinajstić information content (AvgIpc) is 1.74. The molecule has 0 radical (unpaired) electrons. The minimum absolute atomic E-state index is 0.0949. The van der Waals surface area contributed by atoms with Gasteiger partial charge >= 0.3 is 0 Å². The van der Waals surface area contributed by atoms with Gasteiger partial charge in [0.25, 0.3) is 0 Å². The molecule has 0 bridgehead atoms. The minimum Gasteiger partial charge on any atom is -0.300 e. The number of hydrogen-bond donors (Lipinski definition) is 0. The molecule has 1 unspecified atom stereocenters. The van der Waals surface area contributed by atoms with E-state index >= 15 is 0 Å². The molecule has 0 saturated heterocycles. The van der Waals surface area contributed by atoms with Gasteiger partial charge in [0.1, 0.15) is 5.78 Å². The maximum absolute atomic E-state index is 11.6. The van der Waals surface area contributed by atoms with E-state index < -0.39 is 0 Å². The molecule has 0 spiro atoms. The second-order valence-electron chi connectivity index (χ2n) is 6.11. The summed E-state index contributed by atoms with van der Waals surface area (Å²) in [5, 5.41) is 0. The SMILES string of the molecule is CC(C)=CC1(C)CC(=O)CC(C)(C)C1. The van der Waals surface area contributed by atoms with E-state index in [2.05, 4.69) is 40.7 Å². The average molecular weight is 194 g/mol. The maximum atomic E-state index is 11.6. The summed E-state index contributed by atoms with van der Waals surface area (Å²) in [5.41, 5.74) is 1.59. The molecule has 0 aliphatic heterocycles. The fourth-order valence-electron chi connectivity index (χ4n) is 3.06. The Kier molecular flexibility index (Phi) is 2.89. The van der Waals surface area contributed by atoms with Crippen molar-refractivity contribution in [3.63, 3.8) is 0 Å². The van der Waals surface area contributed by atoms with Crippen molar-refractivity contribution in [3.8, 4) is 0 Å². The molecule has 1 rings (SSSR count). The second kappa shape index (κ2) is 3.52. The highest BCUT2D eigenvalue weighted by molar-refractivity contribution is 5.81. The van der Waals surface area contributed by atoms with E-state index in [4.69, 9.17) is 0 Å². The molecule has 0 aromatic heterocycles. The zero-order valence-electron chi connectivity index (χ0n) is 10.1. The summed E-state index contributed by atoms with van der Waals surface area (Å²) in [4.78, 5) is 11.6. The molecule has 1 aliphatic rings. The lowest BCUT2D eigenvalue weighted by atomic mass is 9.63. The fraction of sp³-hybridized carbons (Fsp3) is 0.769. The smallest absolute Gasteiger partial charge is 0.134 e. The first kappa shape index (κ1) is 11.5. The quantitative estimate of drug-likeness (QED) is 0.581. The largest absolute Gasteiger partial charge is 0.300 e. The van der Waals surface area contributed by atoms with Crippen LogP contribution in [0.2, 0.25) is 0 Å². The van der Waals surface area contributed by atoms with Gasteiger partial charge in [-0.25, -0.2) is 0 Å². The van der Waals surface area contributed by atoms with E-state index in [0.717, 1.165) is 19.3 Å². The van der Waals surface area contributed by atoms with Crippen molar-refractivity contribution in [1.29, 1.82) is 0 Å². The van der Waals surface area contributed by atoms with Crippen molar-refractivity contribution in [3.05, 3.63) is 11.6 Å². The molecular weight excluding hydrogens is 172 g/mol. The molecule has 1 heteroatoms. The summed E-state index contributed by atoms with van der Waals surface area (Å²) in [6.45, 7) is 10.8. The number of carbonyl (C=O) groups is 1. The summed E-state index contributed by atoms with van der Waals surface area (Å²) < 4.78 is 0. The first-order valence-corrected chi connectivity index (χ1v) is 5.40. The van der Waals surface area contributed by atoms with Gasteiger partial charge in [-0.05, 0) is 31.1 Å². The van der Waals surface area contributed by atoms with Gasteiger partial charge in [0, 0.05) is 12.8 Å². The van der Waals surface area contributed by atoms with Gasteiger partial charge in [-0.15, -0.1) is 0 Å². The highest BCUT2D eigenvalue weighted by Crippen LogP contribution is 2.45. The molecule has 0 heterocycles. The summed E-state index contributed by atoms with van der Waals surface area (Å²) in [6, 6.07) is 0. The lowest BCUT2D eigenvalue weighted by Crippen LogP contribution is -2.34. The summed E-state index contributed by atoms with van der Waals surface area (Å²) in [7, 11) is 0. The zero-order chi connectivity index (χ0) is 11.0. The third kappa shape index (κ3) is 2.97. The van der Waals surface area contributed by atoms with E-state index in [9.17, 15) is 4.79 Å².